The molecule has 1 N–H and O–H groups in total. The highest BCUT2D eigenvalue weighted by molar-refractivity contribution is 8.00. The summed E-state index contributed by atoms with van der Waals surface area (Å²) in [4.78, 5) is 31.4. The molecule has 0 bridgehead atoms. The molecule has 32 heavy (non-hydrogen) atoms. The predicted molar refractivity (Wildman–Crippen MR) is 130 cm³/mol. The van der Waals surface area contributed by atoms with Gasteiger partial charge in [0, 0.05) is 17.5 Å². The fraction of sp³-hybridized carbons (Fsp3) is 0.208. The maximum absolute atomic E-state index is 13.4. The minimum Gasteiger partial charge on any atom is -0.467 e. The molecule has 8 heteroatoms. The van der Waals surface area contributed by atoms with E-state index in [-0.39, 0.29) is 11.5 Å². The average Bonchev–Trinajstić information content (AvgIpc) is 3.45. The highest BCUT2D eigenvalue weighted by Crippen LogP contribution is 2.33. The van der Waals surface area contributed by atoms with Crippen LogP contribution < -0.4 is 10.9 Å². The molecule has 0 aliphatic heterocycles. The van der Waals surface area contributed by atoms with Crippen LogP contribution in [0.3, 0.4) is 0 Å². The second-order valence-corrected chi connectivity index (χ2v) is 9.52. The van der Waals surface area contributed by atoms with Gasteiger partial charge in [-0.2, -0.15) is 0 Å². The third-order valence-electron chi connectivity index (χ3n) is 5.00. The number of aryl methyl sites for hydroxylation is 1. The van der Waals surface area contributed by atoms with Crippen molar-refractivity contribution in [1.29, 1.82) is 0 Å². The summed E-state index contributed by atoms with van der Waals surface area (Å²) in [5, 5.41) is 5.48. The first-order chi connectivity index (χ1) is 15.5. The van der Waals surface area contributed by atoms with Crippen molar-refractivity contribution in [2.75, 3.05) is 0 Å². The van der Waals surface area contributed by atoms with Crippen molar-refractivity contribution in [3.05, 3.63) is 82.4 Å². The molecule has 0 aliphatic carbocycles. The smallest absolute Gasteiger partial charge is 0.263 e. The quantitative estimate of drug-likeness (QED) is 0.225. The maximum atomic E-state index is 13.4. The van der Waals surface area contributed by atoms with Crippen molar-refractivity contribution in [3.8, 4) is 11.1 Å². The number of allylic oxidation sites excluding steroid dienone is 1. The minimum atomic E-state index is -0.443. The molecular formula is C24H23N3O3S2. The molecule has 164 valence electrons. The van der Waals surface area contributed by atoms with Gasteiger partial charge in [-0.3, -0.25) is 14.2 Å². The Balaban J connectivity index is 1.65. The summed E-state index contributed by atoms with van der Waals surface area (Å²) in [6.07, 6.45) is 3.23. The van der Waals surface area contributed by atoms with Crippen molar-refractivity contribution in [3.63, 3.8) is 0 Å². The Hall–Kier alpha value is -3.10. The van der Waals surface area contributed by atoms with E-state index in [9.17, 15) is 9.59 Å². The maximum Gasteiger partial charge on any atom is 0.263 e. The van der Waals surface area contributed by atoms with Crippen LogP contribution in [-0.2, 0) is 17.9 Å². The zero-order valence-electron chi connectivity index (χ0n) is 17.8. The molecule has 4 aromatic rings. The molecule has 0 radical (unpaired) electrons. The molecule has 1 amide bonds. The van der Waals surface area contributed by atoms with Gasteiger partial charge in [0.05, 0.1) is 23.4 Å². The second-order valence-electron chi connectivity index (χ2n) is 7.35. The number of thiophene rings is 1. The predicted octanol–water partition coefficient (Wildman–Crippen LogP) is 5.01. The Kier molecular flexibility index (Phi) is 6.62. The number of amides is 1. The van der Waals surface area contributed by atoms with Crippen LogP contribution in [0.4, 0.5) is 0 Å². The number of nitrogens with zero attached hydrogens (tertiary/aromatic N) is 2. The van der Waals surface area contributed by atoms with Crippen molar-refractivity contribution in [2.45, 2.75) is 37.3 Å². The number of rotatable bonds is 8. The number of thioether (sulfide) groups is 1. The summed E-state index contributed by atoms with van der Waals surface area (Å²) in [5.74, 6) is 0.526. The molecule has 0 saturated heterocycles. The van der Waals surface area contributed by atoms with E-state index in [2.05, 4.69) is 11.9 Å². The average molecular weight is 466 g/mol. The molecule has 3 heterocycles. The Morgan fingerprint density at radius 2 is 2.12 bits per heavy atom. The highest BCUT2D eigenvalue weighted by Gasteiger charge is 2.21. The van der Waals surface area contributed by atoms with Gasteiger partial charge < -0.3 is 9.73 Å². The number of nitrogens with one attached hydrogen (secondary N) is 1. The number of furan rings is 1. The van der Waals surface area contributed by atoms with Gasteiger partial charge in [-0.15, -0.1) is 17.9 Å². The van der Waals surface area contributed by atoms with Gasteiger partial charge in [0.1, 0.15) is 10.6 Å². The summed E-state index contributed by atoms with van der Waals surface area (Å²) in [6.45, 7) is 8.24. The first kappa shape index (κ1) is 22.1. The first-order valence-corrected chi connectivity index (χ1v) is 11.9. The topological polar surface area (TPSA) is 77.1 Å². The molecule has 0 fully saturated rings. The summed E-state index contributed by atoms with van der Waals surface area (Å²) in [7, 11) is 0. The molecular weight excluding hydrogens is 442 g/mol. The van der Waals surface area contributed by atoms with E-state index in [0.29, 0.717) is 34.2 Å². The first-order valence-electron chi connectivity index (χ1n) is 10.1. The minimum absolute atomic E-state index is 0.127. The van der Waals surface area contributed by atoms with Gasteiger partial charge in [-0.05, 0) is 31.5 Å². The number of hydrogen-bond acceptors (Lipinski definition) is 6. The number of fused-ring (bicyclic) bond motifs is 1. The largest absolute Gasteiger partial charge is 0.467 e. The van der Waals surface area contributed by atoms with Gasteiger partial charge in [-0.1, -0.05) is 47.7 Å². The van der Waals surface area contributed by atoms with Crippen molar-refractivity contribution in [2.24, 2.45) is 0 Å². The van der Waals surface area contributed by atoms with Crippen molar-refractivity contribution >= 4 is 39.2 Å². The SMILES string of the molecule is C=CCn1c(SC(C)C(=O)NCc2ccco2)nc2scc(-c3ccc(C)cc3)c2c1=O. The molecule has 0 spiro atoms. The van der Waals surface area contributed by atoms with Crippen molar-refractivity contribution < 1.29 is 9.21 Å². The normalized spacial score (nSPS) is 12.1. The number of aromatic nitrogens is 2. The molecule has 1 atom stereocenters. The Bertz CT molecular complexity index is 1310. The van der Waals surface area contributed by atoms with E-state index >= 15 is 0 Å². The van der Waals surface area contributed by atoms with E-state index in [1.54, 1.807) is 36.0 Å². The fourth-order valence-electron chi connectivity index (χ4n) is 3.27. The van der Waals surface area contributed by atoms with E-state index < -0.39 is 5.25 Å². The summed E-state index contributed by atoms with van der Waals surface area (Å²) in [5.41, 5.74) is 2.89. The van der Waals surface area contributed by atoms with Crippen LogP contribution in [0.1, 0.15) is 18.2 Å². The van der Waals surface area contributed by atoms with Crippen molar-refractivity contribution in [1.82, 2.24) is 14.9 Å². The van der Waals surface area contributed by atoms with E-state index in [1.165, 1.54) is 23.1 Å². The highest BCUT2D eigenvalue weighted by atomic mass is 32.2. The van der Waals surface area contributed by atoms with Gasteiger partial charge in [0.15, 0.2) is 5.16 Å². The molecule has 3 aromatic heterocycles. The third kappa shape index (κ3) is 4.56. The lowest BCUT2D eigenvalue weighted by Gasteiger charge is -2.15. The molecule has 1 aromatic carbocycles. The van der Waals surface area contributed by atoms with Crippen LogP contribution in [-0.4, -0.2) is 20.7 Å². The lowest BCUT2D eigenvalue weighted by molar-refractivity contribution is -0.120. The lowest BCUT2D eigenvalue weighted by Crippen LogP contribution is -2.31. The Labute approximate surface area is 194 Å². The summed E-state index contributed by atoms with van der Waals surface area (Å²) < 4.78 is 6.84. The van der Waals surface area contributed by atoms with Crippen LogP contribution in [0.2, 0.25) is 0 Å². The third-order valence-corrected chi connectivity index (χ3v) is 6.96. The molecule has 1 unspecified atom stereocenters. The Morgan fingerprint density at radius 1 is 1.34 bits per heavy atom. The Morgan fingerprint density at radius 3 is 2.81 bits per heavy atom. The molecule has 0 saturated carbocycles. The van der Waals surface area contributed by atoms with Gasteiger partial charge in [0.25, 0.3) is 5.56 Å². The van der Waals surface area contributed by atoms with Crippen LogP contribution in [0.15, 0.2) is 75.1 Å². The number of benzene rings is 1. The number of carbonyl (C=O) groups is 1. The van der Waals surface area contributed by atoms with Crippen LogP contribution in [0.5, 0.6) is 0 Å². The van der Waals surface area contributed by atoms with E-state index in [1.807, 2.05) is 36.6 Å². The summed E-state index contributed by atoms with van der Waals surface area (Å²) >= 11 is 2.70. The summed E-state index contributed by atoms with van der Waals surface area (Å²) in [6, 6.07) is 11.7. The second kappa shape index (κ2) is 9.58. The monoisotopic (exact) mass is 465 g/mol. The number of hydrogen-bond donors (Lipinski definition) is 1. The van der Waals surface area contributed by atoms with E-state index in [0.717, 1.165) is 16.7 Å². The van der Waals surface area contributed by atoms with Gasteiger partial charge in [-0.25, -0.2) is 4.98 Å². The zero-order chi connectivity index (χ0) is 22.7. The van der Waals surface area contributed by atoms with E-state index in [4.69, 9.17) is 9.40 Å². The lowest BCUT2D eigenvalue weighted by atomic mass is 10.1. The van der Waals surface area contributed by atoms with Gasteiger partial charge >= 0.3 is 0 Å². The number of carbonyl (C=O) groups excluding carboxylic acids is 1. The van der Waals surface area contributed by atoms with Crippen LogP contribution in [0, 0.1) is 6.92 Å². The molecule has 4 rings (SSSR count). The molecule has 0 aliphatic rings. The zero-order valence-corrected chi connectivity index (χ0v) is 19.5. The molecule has 6 nitrogen and oxygen atoms in total. The standard InChI is InChI=1S/C24H23N3O3S2/c1-4-11-27-23(29)20-19(17-9-7-15(2)8-10-17)14-31-22(20)26-24(27)32-16(3)21(28)25-13-18-6-5-12-30-18/h4-10,12,14,16H,1,11,13H2,2-3H3,(H,25,28). The van der Waals surface area contributed by atoms with Crippen LogP contribution >= 0.6 is 23.1 Å². The fourth-order valence-corrected chi connectivity index (χ4v) is 5.20. The van der Waals surface area contributed by atoms with Crippen LogP contribution in [0.25, 0.3) is 21.3 Å². The van der Waals surface area contributed by atoms with Gasteiger partial charge in [0.2, 0.25) is 5.91 Å².